The van der Waals surface area contributed by atoms with Crippen molar-refractivity contribution in [3.8, 4) is 0 Å². The maximum Gasteiger partial charge on any atom is 0.166 e. The van der Waals surface area contributed by atoms with Gasteiger partial charge in [0.15, 0.2) is 5.78 Å². The monoisotopic (exact) mass is 302 g/mol. The lowest BCUT2D eigenvalue weighted by Gasteiger charge is -2.06. The van der Waals surface area contributed by atoms with Crippen LogP contribution in [0, 0.1) is 5.82 Å². The van der Waals surface area contributed by atoms with Gasteiger partial charge >= 0.3 is 0 Å². The van der Waals surface area contributed by atoms with Crippen molar-refractivity contribution in [2.24, 2.45) is 0 Å². The summed E-state index contributed by atoms with van der Waals surface area (Å²) in [7, 11) is 0. The minimum atomic E-state index is -0.237. The lowest BCUT2D eigenvalue weighted by molar-refractivity contribution is 0.0981. The minimum Gasteiger partial charge on any atom is -0.294 e. The number of aryl methyl sites for hydroxylation is 1. The van der Waals surface area contributed by atoms with Gasteiger partial charge in [0, 0.05) is 17.5 Å². The third-order valence-electron chi connectivity index (χ3n) is 3.47. The third-order valence-corrected chi connectivity index (χ3v) is 4.48. The zero-order chi connectivity index (χ0) is 14.7. The van der Waals surface area contributed by atoms with Gasteiger partial charge in [-0.15, -0.1) is 11.8 Å². The van der Waals surface area contributed by atoms with Crippen LogP contribution in [0.4, 0.5) is 4.39 Å². The third kappa shape index (κ3) is 3.47. The Kier molecular flexibility index (Phi) is 4.29. The summed E-state index contributed by atoms with van der Waals surface area (Å²) in [5, 5.41) is 0. The highest BCUT2D eigenvalue weighted by molar-refractivity contribution is 7.98. The molecule has 0 saturated heterocycles. The van der Waals surface area contributed by atoms with E-state index in [1.54, 1.807) is 30.1 Å². The molecule has 0 spiro atoms. The molecule has 1 aromatic heterocycles. The molecular weight excluding hydrogens is 287 g/mol. The van der Waals surface area contributed by atoms with E-state index in [9.17, 15) is 9.18 Å². The Morgan fingerprint density at radius 2 is 1.90 bits per heavy atom. The minimum absolute atomic E-state index is 0.153. The van der Waals surface area contributed by atoms with E-state index in [0.717, 1.165) is 35.7 Å². The molecule has 1 aliphatic rings. The maximum absolute atomic E-state index is 12.8. The second-order valence-electron chi connectivity index (χ2n) is 5.02. The van der Waals surface area contributed by atoms with Crippen molar-refractivity contribution < 1.29 is 9.18 Å². The van der Waals surface area contributed by atoms with Gasteiger partial charge in [-0.2, -0.15) is 0 Å². The van der Waals surface area contributed by atoms with Gasteiger partial charge in [-0.05, 0) is 43.5 Å². The van der Waals surface area contributed by atoms with Crippen LogP contribution in [-0.2, 0) is 12.2 Å². The number of thioether (sulfide) groups is 1. The molecule has 0 radical (unpaired) electrons. The summed E-state index contributed by atoms with van der Waals surface area (Å²) in [6.45, 7) is 0. The van der Waals surface area contributed by atoms with Gasteiger partial charge in [-0.3, -0.25) is 4.79 Å². The maximum atomic E-state index is 12.8. The fourth-order valence-electron chi connectivity index (χ4n) is 2.34. The first-order valence-electron chi connectivity index (χ1n) is 6.99. The predicted octanol–water partition coefficient (Wildman–Crippen LogP) is 3.82. The van der Waals surface area contributed by atoms with E-state index in [1.165, 1.54) is 12.1 Å². The molecule has 0 aliphatic heterocycles. The first-order valence-corrected chi connectivity index (χ1v) is 7.97. The van der Waals surface area contributed by atoms with E-state index < -0.39 is 0 Å². The Hall–Kier alpha value is -1.75. The number of carbonyl (C=O) groups is 1. The Bertz CT molecular complexity index is 658. The van der Waals surface area contributed by atoms with E-state index in [1.807, 2.05) is 0 Å². The first kappa shape index (κ1) is 14.2. The number of hydrogen-bond donors (Lipinski definition) is 0. The lowest BCUT2D eigenvalue weighted by atomic mass is 10.1. The van der Waals surface area contributed by atoms with Gasteiger partial charge in [0.05, 0.1) is 17.0 Å². The van der Waals surface area contributed by atoms with Crippen LogP contribution in [0.15, 0.2) is 35.4 Å². The van der Waals surface area contributed by atoms with Crippen molar-refractivity contribution in [1.82, 2.24) is 9.97 Å². The van der Waals surface area contributed by atoms with Crippen LogP contribution in [-0.4, -0.2) is 15.8 Å². The molecule has 0 amide bonds. The number of carbonyl (C=O) groups excluding carboxylic acids is 1. The van der Waals surface area contributed by atoms with Crippen LogP contribution in [0.5, 0.6) is 0 Å². The smallest absolute Gasteiger partial charge is 0.166 e. The molecule has 1 aliphatic carbocycles. The SMILES string of the molecule is O=C1CCCCc2nc(CSc3ccc(F)cc3)ncc21. The van der Waals surface area contributed by atoms with Gasteiger partial charge < -0.3 is 0 Å². The van der Waals surface area contributed by atoms with Crippen LogP contribution in [0.1, 0.15) is 41.1 Å². The molecule has 0 fully saturated rings. The Morgan fingerprint density at radius 3 is 2.71 bits per heavy atom. The van der Waals surface area contributed by atoms with Gasteiger partial charge in [0.25, 0.3) is 0 Å². The number of nitrogens with zero attached hydrogens (tertiary/aromatic N) is 2. The number of Topliss-reactive ketones (excluding diaryl/α,β-unsaturated/α-hetero) is 1. The average molecular weight is 302 g/mol. The van der Waals surface area contributed by atoms with Gasteiger partial charge in [0.1, 0.15) is 11.6 Å². The second-order valence-corrected chi connectivity index (χ2v) is 6.07. The molecule has 0 bridgehead atoms. The van der Waals surface area contributed by atoms with E-state index in [2.05, 4.69) is 9.97 Å². The Labute approximate surface area is 127 Å². The zero-order valence-electron chi connectivity index (χ0n) is 11.5. The summed E-state index contributed by atoms with van der Waals surface area (Å²) >= 11 is 1.56. The number of fused-ring (bicyclic) bond motifs is 1. The number of benzene rings is 1. The number of ketones is 1. The Morgan fingerprint density at radius 1 is 1.14 bits per heavy atom. The summed E-state index contributed by atoms with van der Waals surface area (Å²) < 4.78 is 12.8. The van der Waals surface area contributed by atoms with Crippen molar-refractivity contribution >= 4 is 17.5 Å². The van der Waals surface area contributed by atoms with E-state index >= 15 is 0 Å². The van der Waals surface area contributed by atoms with Gasteiger partial charge in [-0.25, -0.2) is 14.4 Å². The molecule has 0 unspecified atom stereocenters. The van der Waals surface area contributed by atoms with E-state index in [-0.39, 0.29) is 11.6 Å². The topological polar surface area (TPSA) is 42.9 Å². The summed E-state index contributed by atoms with van der Waals surface area (Å²) in [5.74, 6) is 1.25. The molecule has 5 heteroatoms. The summed E-state index contributed by atoms with van der Waals surface area (Å²) in [6.07, 6.45) is 5.03. The predicted molar refractivity (Wildman–Crippen MR) is 79.9 cm³/mol. The molecule has 1 aromatic carbocycles. The fraction of sp³-hybridized carbons (Fsp3) is 0.312. The fourth-order valence-corrected chi connectivity index (χ4v) is 3.11. The van der Waals surface area contributed by atoms with Crippen LogP contribution in [0.25, 0.3) is 0 Å². The molecule has 21 heavy (non-hydrogen) atoms. The normalized spacial score (nSPS) is 14.6. The highest BCUT2D eigenvalue weighted by atomic mass is 32.2. The van der Waals surface area contributed by atoms with E-state index in [0.29, 0.717) is 17.7 Å². The summed E-state index contributed by atoms with van der Waals surface area (Å²) in [4.78, 5) is 21.7. The molecule has 0 N–H and O–H groups in total. The highest BCUT2D eigenvalue weighted by Gasteiger charge is 2.17. The van der Waals surface area contributed by atoms with Crippen molar-refractivity contribution in [2.45, 2.75) is 36.3 Å². The molecule has 2 aromatic rings. The van der Waals surface area contributed by atoms with Crippen LogP contribution in [0.2, 0.25) is 0 Å². The molecule has 3 nitrogen and oxygen atoms in total. The zero-order valence-corrected chi connectivity index (χ0v) is 12.3. The van der Waals surface area contributed by atoms with E-state index in [4.69, 9.17) is 0 Å². The van der Waals surface area contributed by atoms with Gasteiger partial charge in [0.2, 0.25) is 0 Å². The molecule has 1 heterocycles. The molecule has 108 valence electrons. The second kappa shape index (κ2) is 6.35. The number of rotatable bonds is 3. The van der Waals surface area contributed by atoms with Crippen molar-refractivity contribution in [1.29, 1.82) is 0 Å². The molecule has 0 atom stereocenters. The summed E-state index contributed by atoms with van der Waals surface area (Å²) in [5.41, 5.74) is 1.56. The van der Waals surface area contributed by atoms with Crippen molar-refractivity contribution in [2.75, 3.05) is 0 Å². The highest BCUT2D eigenvalue weighted by Crippen LogP contribution is 2.23. The quantitative estimate of drug-likeness (QED) is 0.638. The lowest BCUT2D eigenvalue weighted by Crippen LogP contribution is -2.06. The van der Waals surface area contributed by atoms with Crippen LogP contribution in [0.3, 0.4) is 0 Å². The average Bonchev–Trinajstić information content (AvgIpc) is 2.68. The van der Waals surface area contributed by atoms with Crippen LogP contribution >= 0.6 is 11.8 Å². The number of hydrogen-bond acceptors (Lipinski definition) is 4. The van der Waals surface area contributed by atoms with Crippen molar-refractivity contribution in [3.05, 3.63) is 53.4 Å². The summed E-state index contributed by atoms with van der Waals surface area (Å²) in [6, 6.07) is 6.37. The molecular formula is C16H15FN2OS. The molecule has 0 saturated carbocycles. The number of halogens is 1. The standard InChI is InChI=1S/C16H15FN2OS/c17-11-5-7-12(8-6-11)21-10-16-18-9-13-14(19-16)3-1-2-4-15(13)20/h5-9H,1-4,10H2. The largest absolute Gasteiger partial charge is 0.294 e. The Balaban J connectivity index is 1.73. The number of aromatic nitrogens is 2. The van der Waals surface area contributed by atoms with Gasteiger partial charge in [-0.1, -0.05) is 0 Å². The van der Waals surface area contributed by atoms with Crippen molar-refractivity contribution in [3.63, 3.8) is 0 Å². The first-order chi connectivity index (χ1) is 10.2. The molecule has 3 rings (SSSR count). The van der Waals surface area contributed by atoms with Crippen LogP contribution < -0.4 is 0 Å².